The number of hydrogen-bond donors (Lipinski definition) is 2. The van der Waals surface area contributed by atoms with Crippen LogP contribution >= 0.6 is 0 Å². The van der Waals surface area contributed by atoms with Gasteiger partial charge in [-0.2, -0.15) is 0 Å². The Balaban J connectivity index is 0.00000144. The first-order chi connectivity index (χ1) is 5.61. The van der Waals surface area contributed by atoms with Crippen LogP contribution in [0.2, 0.25) is 0 Å². The molecule has 0 unspecified atom stereocenters. The van der Waals surface area contributed by atoms with Crippen molar-refractivity contribution in [1.82, 2.24) is 0 Å². The second kappa shape index (κ2) is 5.51. The molecule has 0 spiro atoms. The van der Waals surface area contributed by atoms with Gasteiger partial charge in [-0.15, -0.1) is 0 Å². The molecule has 2 N–H and O–H groups in total. The quantitative estimate of drug-likeness (QED) is 0.552. The molecular formula is C8H6KO4+. The number of hydrogen-bond acceptors (Lipinski definition) is 2. The molecule has 4 nitrogen and oxygen atoms in total. The second-order valence-corrected chi connectivity index (χ2v) is 2.19. The minimum atomic E-state index is -1.13. The maximum absolute atomic E-state index is 10.4. The number of carbonyl (C=O) groups is 2. The fourth-order valence-electron chi connectivity index (χ4n) is 0.785. The zero-order chi connectivity index (χ0) is 9.14. The van der Waals surface area contributed by atoms with Crippen LogP contribution in [0.5, 0.6) is 0 Å². The molecule has 0 aliphatic rings. The Morgan fingerprint density at radius 3 is 1.69 bits per heavy atom. The van der Waals surface area contributed by atoms with Crippen molar-refractivity contribution in [2.24, 2.45) is 0 Å². The first-order valence-electron chi connectivity index (χ1n) is 3.18. The van der Waals surface area contributed by atoms with Crippen molar-refractivity contribution < 1.29 is 71.2 Å². The first-order valence-corrected chi connectivity index (χ1v) is 3.18. The van der Waals surface area contributed by atoms with Gasteiger partial charge in [0.25, 0.3) is 0 Å². The van der Waals surface area contributed by atoms with Gasteiger partial charge in [-0.05, 0) is 18.2 Å². The molecule has 1 rings (SSSR count). The van der Waals surface area contributed by atoms with Gasteiger partial charge in [0, 0.05) is 0 Å². The summed E-state index contributed by atoms with van der Waals surface area (Å²) in [5.41, 5.74) is -0.0372. The maximum Gasteiger partial charge on any atom is 1.00 e. The van der Waals surface area contributed by atoms with Gasteiger partial charge in [0.05, 0.1) is 11.1 Å². The van der Waals surface area contributed by atoms with Crippen LogP contribution in [0.15, 0.2) is 24.3 Å². The third-order valence-corrected chi connectivity index (χ3v) is 1.36. The van der Waals surface area contributed by atoms with Gasteiger partial charge in [0.1, 0.15) is 0 Å². The molecule has 0 radical (unpaired) electrons. The van der Waals surface area contributed by atoms with E-state index in [0.29, 0.717) is 0 Å². The summed E-state index contributed by atoms with van der Waals surface area (Å²) in [4.78, 5) is 20.8. The summed E-state index contributed by atoms with van der Waals surface area (Å²) in [5.74, 6) is -2.25. The van der Waals surface area contributed by atoms with E-state index < -0.39 is 11.9 Å². The van der Waals surface area contributed by atoms with Crippen molar-refractivity contribution in [2.45, 2.75) is 0 Å². The molecule has 1 aromatic rings. The molecule has 0 bridgehead atoms. The predicted molar refractivity (Wildman–Crippen MR) is 40.4 cm³/mol. The van der Waals surface area contributed by atoms with E-state index in [1.165, 1.54) is 18.2 Å². The van der Waals surface area contributed by atoms with Gasteiger partial charge in [-0.25, -0.2) is 9.59 Å². The summed E-state index contributed by atoms with van der Waals surface area (Å²) >= 11 is 0. The van der Waals surface area contributed by atoms with Crippen LogP contribution in [-0.4, -0.2) is 22.2 Å². The molecule has 0 amide bonds. The van der Waals surface area contributed by atoms with Crippen LogP contribution in [0.1, 0.15) is 20.7 Å². The van der Waals surface area contributed by atoms with E-state index in [0.717, 1.165) is 6.07 Å². The van der Waals surface area contributed by atoms with Crippen LogP contribution in [0.25, 0.3) is 0 Å². The number of rotatable bonds is 2. The molecule has 0 aliphatic carbocycles. The molecule has 0 heterocycles. The zero-order valence-electron chi connectivity index (χ0n) is 7.02. The fourth-order valence-corrected chi connectivity index (χ4v) is 0.785. The van der Waals surface area contributed by atoms with Crippen molar-refractivity contribution in [3.05, 3.63) is 35.4 Å². The third-order valence-electron chi connectivity index (χ3n) is 1.36. The second-order valence-electron chi connectivity index (χ2n) is 2.19. The molecule has 0 aliphatic heterocycles. The van der Waals surface area contributed by atoms with E-state index in [1.54, 1.807) is 0 Å². The van der Waals surface area contributed by atoms with E-state index in [9.17, 15) is 9.59 Å². The Kier molecular flexibility index (Phi) is 5.42. The molecule has 0 fully saturated rings. The minimum absolute atomic E-state index is 0. The maximum atomic E-state index is 10.4. The van der Waals surface area contributed by atoms with Crippen LogP contribution in [0.4, 0.5) is 0 Å². The molecule has 0 saturated heterocycles. The molecule has 0 saturated carbocycles. The molecule has 1 aromatic carbocycles. The van der Waals surface area contributed by atoms with Gasteiger partial charge < -0.3 is 10.2 Å². The molecule has 62 valence electrons. The van der Waals surface area contributed by atoms with Crippen LogP contribution < -0.4 is 51.4 Å². The standard InChI is InChI=1S/C8H6O4.K/c9-7(10)5-2-1-3-6(4-5)8(11)12;/h1-4H,(H,9,10)(H,11,12);/q;+1. The summed E-state index contributed by atoms with van der Waals surface area (Å²) in [6, 6.07) is 5.20. The average molecular weight is 205 g/mol. The largest absolute Gasteiger partial charge is 1.00 e. The SMILES string of the molecule is O=C(O)c1cccc(C(=O)O)c1.[K+]. The Labute approximate surface area is 117 Å². The van der Waals surface area contributed by atoms with E-state index in [1.807, 2.05) is 0 Å². The van der Waals surface area contributed by atoms with Crippen molar-refractivity contribution >= 4 is 11.9 Å². The average Bonchev–Trinajstić information content (AvgIpc) is 2.04. The molecule has 0 atom stereocenters. The fraction of sp³-hybridized carbons (Fsp3) is 0. The van der Waals surface area contributed by atoms with Gasteiger partial charge in [-0.1, -0.05) is 6.07 Å². The van der Waals surface area contributed by atoms with Crippen LogP contribution in [0, 0.1) is 0 Å². The normalized spacial score (nSPS) is 8.62. The monoisotopic (exact) mass is 205 g/mol. The topological polar surface area (TPSA) is 74.6 Å². The number of carboxylic acids is 2. The summed E-state index contributed by atoms with van der Waals surface area (Å²) in [6.45, 7) is 0. The van der Waals surface area contributed by atoms with Crippen LogP contribution in [0.3, 0.4) is 0 Å². The van der Waals surface area contributed by atoms with Crippen LogP contribution in [-0.2, 0) is 0 Å². The van der Waals surface area contributed by atoms with Gasteiger partial charge in [0.15, 0.2) is 0 Å². The Hall–Kier alpha value is -0.204. The van der Waals surface area contributed by atoms with Crippen molar-refractivity contribution in [1.29, 1.82) is 0 Å². The van der Waals surface area contributed by atoms with Crippen molar-refractivity contribution in [2.75, 3.05) is 0 Å². The smallest absolute Gasteiger partial charge is 0.478 e. The van der Waals surface area contributed by atoms with E-state index in [-0.39, 0.29) is 62.5 Å². The molecule has 5 heteroatoms. The number of aromatic carboxylic acids is 2. The van der Waals surface area contributed by atoms with Gasteiger partial charge >= 0.3 is 63.3 Å². The minimum Gasteiger partial charge on any atom is -0.478 e. The zero-order valence-corrected chi connectivity index (χ0v) is 10.1. The summed E-state index contributed by atoms with van der Waals surface area (Å²) in [5, 5.41) is 17.0. The Morgan fingerprint density at radius 2 is 1.38 bits per heavy atom. The van der Waals surface area contributed by atoms with E-state index in [2.05, 4.69) is 0 Å². The summed E-state index contributed by atoms with van der Waals surface area (Å²) < 4.78 is 0. The molecule has 13 heavy (non-hydrogen) atoms. The van der Waals surface area contributed by atoms with Gasteiger partial charge in [-0.3, -0.25) is 0 Å². The van der Waals surface area contributed by atoms with Gasteiger partial charge in [0.2, 0.25) is 0 Å². The first kappa shape index (κ1) is 12.8. The van der Waals surface area contributed by atoms with Crippen molar-refractivity contribution in [3.63, 3.8) is 0 Å². The summed E-state index contributed by atoms with van der Waals surface area (Å²) in [7, 11) is 0. The predicted octanol–water partition coefficient (Wildman–Crippen LogP) is -1.91. The van der Waals surface area contributed by atoms with E-state index >= 15 is 0 Å². The third kappa shape index (κ3) is 3.57. The van der Waals surface area contributed by atoms with Crippen molar-refractivity contribution in [3.8, 4) is 0 Å². The number of carboxylic acid groups (broad SMARTS) is 2. The van der Waals surface area contributed by atoms with E-state index in [4.69, 9.17) is 10.2 Å². The Morgan fingerprint density at radius 1 is 1.00 bits per heavy atom. The Bertz CT molecular complexity index is 305. The summed E-state index contributed by atoms with van der Waals surface area (Å²) in [6.07, 6.45) is 0. The molecule has 0 aromatic heterocycles. The number of benzene rings is 1. The molecular weight excluding hydrogens is 199 g/mol.